The second kappa shape index (κ2) is 10.8. The summed E-state index contributed by atoms with van der Waals surface area (Å²) >= 11 is 2.98. The van der Waals surface area contributed by atoms with Crippen LogP contribution in [-0.4, -0.2) is 39.1 Å². The van der Waals surface area contributed by atoms with Crippen molar-refractivity contribution in [2.24, 2.45) is 11.3 Å². The van der Waals surface area contributed by atoms with E-state index in [2.05, 4.69) is 53.8 Å². The van der Waals surface area contributed by atoms with E-state index in [0.29, 0.717) is 16.5 Å². The highest BCUT2D eigenvalue weighted by atomic mass is 32.2. The predicted molar refractivity (Wildman–Crippen MR) is 136 cm³/mol. The Bertz CT molecular complexity index is 1060. The molecule has 1 saturated heterocycles. The molecule has 9 heteroatoms. The lowest BCUT2D eigenvalue weighted by Gasteiger charge is -2.36. The summed E-state index contributed by atoms with van der Waals surface area (Å²) in [6.45, 7) is 10.5. The normalized spacial score (nSPS) is 20.2. The molecule has 2 aromatic rings. The summed E-state index contributed by atoms with van der Waals surface area (Å²) in [6, 6.07) is 2.36. The van der Waals surface area contributed by atoms with Crippen LogP contribution in [0.4, 0.5) is 5.00 Å². The number of nitrogens with one attached hydrogen (secondary N) is 1. The average Bonchev–Trinajstić information content (AvgIpc) is 3.56. The maximum atomic E-state index is 12.9. The maximum Gasteiger partial charge on any atom is 0.235 e. The van der Waals surface area contributed by atoms with Crippen LogP contribution in [0, 0.1) is 22.7 Å². The zero-order chi connectivity index (χ0) is 24.3. The van der Waals surface area contributed by atoms with Crippen LogP contribution >= 0.6 is 23.1 Å². The number of thiophene rings is 1. The quantitative estimate of drug-likeness (QED) is 0.473. The number of fused-ring (bicyclic) bond motifs is 1. The molecule has 2 unspecified atom stereocenters. The summed E-state index contributed by atoms with van der Waals surface area (Å²) in [7, 11) is 0. The summed E-state index contributed by atoms with van der Waals surface area (Å²) in [6.07, 6.45) is 7.25. The number of anilines is 1. The lowest BCUT2D eigenvalue weighted by atomic mass is 9.69. The van der Waals surface area contributed by atoms with E-state index in [0.717, 1.165) is 74.6 Å². The molecule has 7 nitrogen and oxygen atoms in total. The third-order valence-corrected chi connectivity index (χ3v) is 9.64. The van der Waals surface area contributed by atoms with Crippen LogP contribution in [0.15, 0.2) is 5.16 Å². The second-order valence-electron chi connectivity index (χ2n) is 9.94. The number of thioether (sulfide) groups is 1. The zero-order valence-corrected chi connectivity index (χ0v) is 22.3. The van der Waals surface area contributed by atoms with Crippen LogP contribution < -0.4 is 5.32 Å². The van der Waals surface area contributed by atoms with Crippen molar-refractivity contribution >= 4 is 34.0 Å². The van der Waals surface area contributed by atoms with E-state index >= 15 is 0 Å². The highest BCUT2D eigenvalue weighted by Gasteiger charge is 2.34. The minimum Gasteiger partial charge on any atom is -0.376 e. The second-order valence-corrected chi connectivity index (χ2v) is 12.0. The number of nitriles is 1. The summed E-state index contributed by atoms with van der Waals surface area (Å²) < 4.78 is 7.88. The zero-order valence-electron chi connectivity index (χ0n) is 20.6. The number of aromatic nitrogens is 3. The van der Waals surface area contributed by atoms with Crippen LogP contribution in [0.1, 0.15) is 75.2 Å². The van der Waals surface area contributed by atoms with Gasteiger partial charge in [-0.15, -0.1) is 21.5 Å². The van der Waals surface area contributed by atoms with Gasteiger partial charge in [0.1, 0.15) is 16.9 Å². The highest BCUT2D eigenvalue weighted by Crippen LogP contribution is 2.45. The molecular formula is C25H35N5O2S2. The summed E-state index contributed by atoms with van der Waals surface area (Å²) in [5.74, 6) is 1.64. The van der Waals surface area contributed by atoms with Crippen molar-refractivity contribution in [1.82, 2.24) is 14.8 Å². The SMILES string of the molecule is CCc1nnc(SCC(=O)Nc2sc3c(c2C#N)CCC(C(C)(C)CC)C3)n1CC1CCCO1. The van der Waals surface area contributed by atoms with Crippen molar-refractivity contribution in [1.29, 1.82) is 5.26 Å². The monoisotopic (exact) mass is 501 g/mol. The standard InChI is InChI=1S/C25H35N5O2S2/c1-5-21-28-29-24(30(21)14-17-8-7-11-32-17)33-15-22(31)27-23-19(13-26)18-10-9-16(12-20(18)34-23)25(3,4)6-2/h16-17H,5-12,14-15H2,1-4H3,(H,27,31). The number of hydrogen-bond acceptors (Lipinski definition) is 7. The van der Waals surface area contributed by atoms with Crippen molar-refractivity contribution in [3.63, 3.8) is 0 Å². The fourth-order valence-corrected chi connectivity index (χ4v) is 6.96. The Balaban J connectivity index is 1.42. The molecule has 2 atom stereocenters. The first-order valence-electron chi connectivity index (χ1n) is 12.4. The number of nitrogens with zero attached hydrogens (tertiary/aromatic N) is 4. The van der Waals surface area contributed by atoms with E-state index in [9.17, 15) is 10.1 Å². The van der Waals surface area contributed by atoms with Gasteiger partial charge in [0.2, 0.25) is 5.91 Å². The Morgan fingerprint density at radius 2 is 2.18 bits per heavy atom. The van der Waals surface area contributed by atoms with Crippen LogP contribution in [0.2, 0.25) is 0 Å². The molecule has 0 bridgehead atoms. The Morgan fingerprint density at radius 3 is 2.85 bits per heavy atom. The molecule has 1 aliphatic heterocycles. The fraction of sp³-hybridized carbons (Fsp3) is 0.680. The Hall–Kier alpha value is -1.89. The third-order valence-electron chi connectivity index (χ3n) is 7.50. The molecule has 2 aromatic heterocycles. The molecule has 0 saturated carbocycles. The van der Waals surface area contributed by atoms with Gasteiger partial charge in [0.05, 0.1) is 24.0 Å². The van der Waals surface area contributed by atoms with Gasteiger partial charge in [-0.1, -0.05) is 45.9 Å². The van der Waals surface area contributed by atoms with E-state index in [1.807, 2.05) is 0 Å². The molecule has 1 aliphatic carbocycles. The van der Waals surface area contributed by atoms with Crippen LogP contribution in [0.3, 0.4) is 0 Å². The van der Waals surface area contributed by atoms with E-state index in [1.165, 1.54) is 16.6 Å². The van der Waals surface area contributed by atoms with Gasteiger partial charge in [0.15, 0.2) is 5.16 Å². The van der Waals surface area contributed by atoms with Crippen molar-refractivity contribution in [3.8, 4) is 6.07 Å². The van der Waals surface area contributed by atoms with Crippen LogP contribution in [-0.2, 0) is 35.3 Å². The average molecular weight is 502 g/mol. The predicted octanol–water partition coefficient (Wildman–Crippen LogP) is 5.22. The van der Waals surface area contributed by atoms with Gasteiger partial charge in [0.25, 0.3) is 0 Å². The number of rotatable bonds is 9. The number of ether oxygens (including phenoxy) is 1. The highest BCUT2D eigenvalue weighted by molar-refractivity contribution is 7.99. The molecule has 184 valence electrons. The number of hydrogen-bond donors (Lipinski definition) is 1. The lowest BCUT2D eigenvalue weighted by Crippen LogP contribution is -2.28. The molecule has 0 spiro atoms. The van der Waals surface area contributed by atoms with Crippen molar-refractivity contribution in [3.05, 3.63) is 21.8 Å². The van der Waals surface area contributed by atoms with E-state index in [-0.39, 0.29) is 23.2 Å². The molecule has 2 aliphatic rings. The van der Waals surface area contributed by atoms with Gasteiger partial charge >= 0.3 is 0 Å². The summed E-state index contributed by atoms with van der Waals surface area (Å²) in [5, 5.41) is 22.9. The fourth-order valence-electron chi connectivity index (χ4n) is 4.90. The van der Waals surface area contributed by atoms with Crippen molar-refractivity contribution < 1.29 is 9.53 Å². The molecule has 0 aromatic carbocycles. The number of carbonyl (C=O) groups is 1. The molecular weight excluding hydrogens is 466 g/mol. The first-order chi connectivity index (χ1) is 16.4. The Labute approximate surface area is 210 Å². The van der Waals surface area contributed by atoms with E-state index in [1.54, 1.807) is 11.3 Å². The van der Waals surface area contributed by atoms with Gasteiger partial charge in [-0.25, -0.2) is 0 Å². The smallest absolute Gasteiger partial charge is 0.235 e. The molecule has 0 radical (unpaired) electrons. The number of carbonyl (C=O) groups excluding carboxylic acids is 1. The lowest BCUT2D eigenvalue weighted by molar-refractivity contribution is -0.113. The molecule has 1 N–H and O–H groups in total. The van der Waals surface area contributed by atoms with Gasteiger partial charge in [-0.3, -0.25) is 4.79 Å². The van der Waals surface area contributed by atoms with Crippen LogP contribution in [0.5, 0.6) is 0 Å². The molecule has 1 amide bonds. The third kappa shape index (κ3) is 5.34. The minimum atomic E-state index is -0.116. The van der Waals surface area contributed by atoms with Gasteiger partial charge in [-0.05, 0) is 49.0 Å². The number of aryl methyl sites for hydroxylation is 1. The summed E-state index contributed by atoms with van der Waals surface area (Å²) in [4.78, 5) is 14.1. The van der Waals surface area contributed by atoms with Gasteiger partial charge < -0.3 is 14.6 Å². The Kier molecular flexibility index (Phi) is 8.01. The van der Waals surface area contributed by atoms with Crippen LogP contribution in [0.25, 0.3) is 0 Å². The number of amides is 1. The van der Waals surface area contributed by atoms with Crippen molar-refractivity contribution in [2.75, 3.05) is 17.7 Å². The first kappa shape index (κ1) is 25.2. The van der Waals surface area contributed by atoms with Gasteiger partial charge in [-0.2, -0.15) is 5.26 Å². The largest absolute Gasteiger partial charge is 0.376 e. The maximum absolute atomic E-state index is 12.9. The van der Waals surface area contributed by atoms with Gasteiger partial charge in [0, 0.05) is 17.9 Å². The Morgan fingerprint density at radius 1 is 1.35 bits per heavy atom. The van der Waals surface area contributed by atoms with E-state index < -0.39 is 0 Å². The molecule has 34 heavy (non-hydrogen) atoms. The minimum absolute atomic E-state index is 0.116. The molecule has 1 fully saturated rings. The van der Waals surface area contributed by atoms with E-state index in [4.69, 9.17) is 4.74 Å². The molecule has 3 heterocycles. The summed E-state index contributed by atoms with van der Waals surface area (Å²) in [5.41, 5.74) is 2.08. The molecule has 4 rings (SSSR count). The van der Waals surface area contributed by atoms with Crippen molar-refractivity contribution in [2.45, 2.75) is 90.4 Å². The topological polar surface area (TPSA) is 92.8 Å². The first-order valence-corrected chi connectivity index (χ1v) is 14.2.